The molecule has 0 aliphatic rings. The molecular weight excluding hydrogens is 328 g/mol. The zero-order chi connectivity index (χ0) is 15.1. The van der Waals surface area contributed by atoms with Crippen LogP contribution in [-0.2, 0) is 6.54 Å². The number of hydrogen-bond acceptors (Lipinski definition) is 3. The Bertz CT molecular complexity index is 677. The Morgan fingerprint density at radius 1 is 1.29 bits per heavy atom. The zero-order valence-electron chi connectivity index (χ0n) is 11.5. The van der Waals surface area contributed by atoms with Crippen molar-refractivity contribution in [3.05, 3.63) is 70.7 Å². The Labute approximate surface area is 133 Å². The highest BCUT2D eigenvalue weighted by molar-refractivity contribution is 9.10. The van der Waals surface area contributed by atoms with Gasteiger partial charge in [-0.3, -0.25) is 0 Å². The quantitative estimate of drug-likeness (QED) is 0.786. The second-order valence-corrected chi connectivity index (χ2v) is 5.28. The minimum absolute atomic E-state index is 0.471. The standard InChI is InChI=1S/C17H15BrN2O/c1-2-9-21-17-6-4-3-5-13(17)12-20-16-8-7-15(18)10-14(16)11-19/h2-8,10,20H,1,9,12H2. The van der Waals surface area contributed by atoms with Gasteiger partial charge in [-0.25, -0.2) is 0 Å². The van der Waals surface area contributed by atoms with Gasteiger partial charge in [0.05, 0.1) is 11.3 Å². The number of para-hydroxylation sites is 1. The van der Waals surface area contributed by atoms with E-state index in [1.807, 2.05) is 36.4 Å². The summed E-state index contributed by atoms with van der Waals surface area (Å²) in [5, 5.41) is 12.4. The lowest BCUT2D eigenvalue weighted by atomic mass is 10.1. The Balaban J connectivity index is 2.13. The predicted octanol–water partition coefficient (Wildman–Crippen LogP) is 4.50. The van der Waals surface area contributed by atoms with Gasteiger partial charge in [-0.2, -0.15) is 5.26 Å². The van der Waals surface area contributed by atoms with Gasteiger partial charge in [0.2, 0.25) is 0 Å². The molecule has 0 saturated carbocycles. The largest absolute Gasteiger partial charge is 0.489 e. The molecule has 0 atom stereocenters. The second kappa shape index (κ2) is 7.51. The number of nitriles is 1. The lowest BCUT2D eigenvalue weighted by molar-refractivity contribution is 0.359. The van der Waals surface area contributed by atoms with E-state index in [0.717, 1.165) is 21.5 Å². The van der Waals surface area contributed by atoms with Crippen LogP contribution in [0.4, 0.5) is 5.69 Å². The lowest BCUT2D eigenvalue weighted by Gasteiger charge is -2.12. The number of halogens is 1. The van der Waals surface area contributed by atoms with E-state index in [9.17, 15) is 0 Å². The molecule has 0 aliphatic heterocycles. The molecule has 0 radical (unpaired) electrons. The van der Waals surface area contributed by atoms with Crippen molar-refractivity contribution in [1.29, 1.82) is 5.26 Å². The number of benzene rings is 2. The molecule has 2 aromatic carbocycles. The average Bonchev–Trinajstić information content (AvgIpc) is 2.52. The molecule has 0 saturated heterocycles. The fourth-order valence-corrected chi connectivity index (χ4v) is 2.25. The molecule has 0 amide bonds. The van der Waals surface area contributed by atoms with Gasteiger partial charge in [0, 0.05) is 16.6 Å². The molecule has 0 bridgehead atoms. The van der Waals surface area contributed by atoms with Crippen LogP contribution in [0.5, 0.6) is 5.75 Å². The number of nitrogens with zero attached hydrogens (tertiary/aromatic N) is 1. The van der Waals surface area contributed by atoms with Crippen molar-refractivity contribution in [3.8, 4) is 11.8 Å². The molecule has 0 aliphatic carbocycles. The molecule has 0 heterocycles. The number of ether oxygens (including phenoxy) is 1. The van der Waals surface area contributed by atoms with Crippen molar-refractivity contribution in [2.45, 2.75) is 6.54 Å². The first-order chi connectivity index (χ1) is 10.2. The van der Waals surface area contributed by atoms with Crippen LogP contribution in [0, 0.1) is 11.3 Å². The van der Waals surface area contributed by atoms with Crippen LogP contribution in [0.15, 0.2) is 59.6 Å². The maximum absolute atomic E-state index is 9.16. The monoisotopic (exact) mass is 342 g/mol. The Morgan fingerprint density at radius 3 is 2.86 bits per heavy atom. The summed E-state index contributed by atoms with van der Waals surface area (Å²) < 4.78 is 6.51. The Morgan fingerprint density at radius 2 is 2.10 bits per heavy atom. The normalized spacial score (nSPS) is 9.71. The van der Waals surface area contributed by atoms with Crippen molar-refractivity contribution >= 4 is 21.6 Å². The first-order valence-electron chi connectivity index (χ1n) is 6.49. The highest BCUT2D eigenvalue weighted by Crippen LogP contribution is 2.23. The van der Waals surface area contributed by atoms with E-state index in [-0.39, 0.29) is 0 Å². The third-order valence-corrected chi connectivity index (χ3v) is 3.39. The first-order valence-corrected chi connectivity index (χ1v) is 7.29. The van der Waals surface area contributed by atoms with E-state index >= 15 is 0 Å². The molecule has 1 N–H and O–H groups in total. The molecule has 106 valence electrons. The van der Waals surface area contributed by atoms with Crippen molar-refractivity contribution in [2.24, 2.45) is 0 Å². The average molecular weight is 343 g/mol. The van der Waals surface area contributed by atoms with Crippen LogP contribution in [0.3, 0.4) is 0 Å². The highest BCUT2D eigenvalue weighted by Gasteiger charge is 2.05. The van der Waals surface area contributed by atoms with E-state index in [2.05, 4.69) is 33.9 Å². The smallest absolute Gasteiger partial charge is 0.124 e. The van der Waals surface area contributed by atoms with Crippen molar-refractivity contribution in [2.75, 3.05) is 11.9 Å². The van der Waals surface area contributed by atoms with Gasteiger partial charge in [0.1, 0.15) is 18.4 Å². The van der Waals surface area contributed by atoms with Gasteiger partial charge in [0.15, 0.2) is 0 Å². The van der Waals surface area contributed by atoms with E-state index < -0.39 is 0 Å². The van der Waals surface area contributed by atoms with Gasteiger partial charge < -0.3 is 10.1 Å². The third-order valence-electron chi connectivity index (χ3n) is 2.90. The number of nitrogens with one attached hydrogen (secondary N) is 1. The summed E-state index contributed by atoms with van der Waals surface area (Å²) in [6.45, 7) is 4.71. The van der Waals surface area contributed by atoms with Crippen molar-refractivity contribution in [1.82, 2.24) is 0 Å². The molecule has 0 unspecified atom stereocenters. The summed E-state index contributed by atoms with van der Waals surface area (Å²) in [5.74, 6) is 0.820. The fourth-order valence-electron chi connectivity index (χ4n) is 1.89. The summed E-state index contributed by atoms with van der Waals surface area (Å²) in [7, 11) is 0. The van der Waals surface area contributed by atoms with Crippen LogP contribution >= 0.6 is 15.9 Å². The highest BCUT2D eigenvalue weighted by atomic mass is 79.9. The summed E-state index contributed by atoms with van der Waals surface area (Å²) >= 11 is 3.36. The van der Waals surface area contributed by atoms with Gasteiger partial charge in [-0.15, -0.1) is 0 Å². The minimum atomic E-state index is 0.471. The predicted molar refractivity (Wildman–Crippen MR) is 88.3 cm³/mol. The zero-order valence-corrected chi connectivity index (χ0v) is 13.1. The summed E-state index contributed by atoms with van der Waals surface area (Å²) in [5.41, 5.74) is 2.44. The SMILES string of the molecule is C=CCOc1ccccc1CNc1ccc(Br)cc1C#N. The van der Waals surface area contributed by atoms with Crippen LogP contribution in [0.2, 0.25) is 0 Å². The van der Waals surface area contributed by atoms with Gasteiger partial charge in [-0.1, -0.05) is 46.8 Å². The third kappa shape index (κ3) is 4.11. The number of hydrogen-bond donors (Lipinski definition) is 1. The topological polar surface area (TPSA) is 45.0 Å². The maximum Gasteiger partial charge on any atom is 0.124 e. The van der Waals surface area contributed by atoms with E-state index in [4.69, 9.17) is 10.00 Å². The Hall–Kier alpha value is -2.25. The van der Waals surface area contributed by atoms with Gasteiger partial charge in [-0.05, 0) is 24.3 Å². The van der Waals surface area contributed by atoms with Crippen LogP contribution in [0.1, 0.15) is 11.1 Å². The van der Waals surface area contributed by atoms with Gasteiger partial charge >= 0.3 is 0 Å². The molecule has 21 heavy (non-hydrogen) atoms. The molecule has 0 fully saturated rings. The summed E-state index contributed by atoms with van der Waals surface area (Å²) in [6.07, 6.45) is 1.71. The van der Waals surface area contributed by atoms with Crippen LogP contribution < -0.4 is 10.1 Å². The molecular formula is C17H15BrN2O. The molecule has 0 aromatic heterocycles. The molecule has 0 spiro atoms. The van der Waals surface area contributed by atoms with Crippen molar-refractivity contribution < 1.29 is 4.74 Å². The molecule has 2 aromatic rings. The van der Waals surface area contributed by atoms with E-state index in [0.29, 0.717) is 18.7 Å². The maximum atomic E-state index is 9.16. The number of rotatable bonds is 6. The first kappa shape index (κ1) is 15.1. The fraction of sp³-hybridized carbons (Fsp3) is 0.118. The number of anilines is 1. The van der Waals surface area contributed by atoms with Gasteiger partial charge in [0.25, 0.3) is 0 Å². The minimum Gasteiger partial charge on any atom is -0.489 e. The van der Waals surface area contributed by atoms with Crippen LogP contribution in [0.25, 0.3) is 0 Å². The second-order valence-electron chi connectivity index (χ2n) is 4.36. The van der Waals surface area contributed by atoms with Crippen molar-refractivity contribution in [3.63, 3.8) is 0 Å². The van der Waals surface area contributed by atoms with Crippen LogP contribution in [-0.4, -0.2) is 6.61 Å². The van der Waals surface area contributed by atoms with E-state index in [1.165, 1.54) is 0 Å². The molecule has 2 rings (SSSR count). The summed E-state index contributed by atoms with van der Waals surface area (Å²) in [6, 6.07) is 15.6. The Kier molecular flexibility index (Phi) is 5.42. The molecule has 3 nitrogen and oxygen atoms in total. The summed E-state index contributed by atoms with van der Waals surface area (Å²) in [4.78, 5) is 0. The molecule has 4 heteroatoms. The lowest BCUT2D eigenvalue weighted by Crippen LogP contribution is -2.04. The van der Waals surface area contributed by atoms with E-state index in [1.54, 1.807) is 12.1 Å².